The molecule has 0 spiro atoms. The van der Waals surface area contributed by atoms with Crippen molar-refractivity contribution in [2.75, 3.05) is 12.3 Å². The molecule has 2 bridgehead atoms. The number of rotatable bonds is 3. The second-order valence-corrected chi connectivity index (χ2v) is 9.90. The van der Waals surface area contributed by atoms with Crippen LogP contribution in [0, 0.1) is 6.92 Å². The summed E-state index contributed by atoms with van der Waals surface area (Å²) in [6, 6.07) is 7.03. The molecule has 3 rings (SSSR count). The highest BCUT2D eigenvalue weighted by Gasteiger charge is 2.52. The van der Waals surface area contributed by atoms with Crippen LogP contribution in [-0.4, -0.2) is 44.7 Å². The average molecular weight is 315 g/mol. The Hall–Kier alpha value is -0.920. The Balaban J connectivity index is 1.81. The quantitative estimate of drug-likeness (QED) is 0.823. The number of nitrogens with zero attached hydrogens (tertiary/aromatic N) is 1. The Kier molecular flexibility index (Phi) is 3.19. The number of hydrogen-bond acceptors (Lipinski definition) is 4. The van der Waals surface area contributed by atoms with Crippen LogP contribution in [0.4, 0.5) is 0 Å². The van der Waals surface area contributed by atoms with Gasteiger partial charge in [0.05, 0.1) is 16.8 Å². The highest BCUT2D eigenvalue weighted by molar-refractivity contribution is 7.93. The number of hydrogen-bond donors (Lipinski definition) is 0. The first kappa shape index (κ1) is 14.0. The van der Waals surface area contributed by atoms with Crippen molar-refractivity contribution < 1.29 is 16.8 Å². The van der Waals surface area contributed by atoms with Crippen molar-refractivity contribution in [3.05, 3.63) is 35.4 Å². The Morgan fingerprint density at radius 3 is 2.65 bits per heavy atom. The highest BCUT2D eigenvalue weighted by atomic mass is 32.2. The standard InChI is InChI=1S/C13H17NO4S2/c1-10-3-2-4-11(5-10)8-20(17,18)14-7-13-6-12(14)9-19(13,15)16/h2-5,12-13H,6-9H2,1H3. The van der Waals surface area contributed by atoms with Crippen molar-refractivity contribution in [2.45, 2.75) is 30.4 Å². The molecule has 0 saturated carbocycles. The van der Waals surface area contributed by atoms with Crippen molar-refractivity contribution in [3.63, 3.8) is 0 Å². The Morgan fingerprint density at radius 2 is 2.10 bits per heavy atom. The minimum Gasteiger partial charge on any atom is -0.228 e. The summed E-state index contributed by atoms with van der Waals surface area (Å²) in [5, 5.41) is -0.500. The highest BCUT2D eigenvalue weighted by Crippen LogP contribution is 2.35. The lowest BCUT2D eigenvalue weighted by atomic mass is 10.2. The zero-order valence-electron chi connectivity index (χ0n) is 11.2. The molecule has 5 nitrogen and oxygen atoms in total. The first-order valence-corrected chi connectivity index (χ1v) is 9.87. The fourth-order valence-electron chi connectivity index (χ4n) is 3.10. The van der Waals surface area contributed by atoms with E-state index in [-0.39, 0.29) is 24.1 Å². The van der Waals surface area contributed by atoms with Crippen LogP contribution in [0.15, 0.2) is 24.3 Å². The molecule has 2 saturated heterocycles. The van der Waals surface area contributed by atoms with Gasteiger partial charge in [0.25, 0.3) is 0 Å². The summed E-state index contributed by atoms with van der Waals surface area (Å²) in [6.45, 7) is 2.04. The molecule has 0 N–H and O–H groups in total. The fourth-order valence-corrected chi connectivity index (χ4v) is 7.10. The van der Waals surface area contributed by atoms with Crippen molar-refractivity contribution in [3.8, 4) is 0 Å². The van der Waals surface area contributed by atoms with Gasteiger partial charge in [-0.25, -0.2) is 16.8 Å². The van der Waals surface area contributed by atoms with E-state index in [1.807, 2.05) is 25.1 Å². The first-order chi connectivity index (χ1) is 9.28. The molecular weight excluding hydrogens is 298 g/mol. The van der Waals surface area contributed by atoms with Gasteiger partial charge in [-0.3, -0.25) is 0 Å². The van der Waals surface area contributed by atoms with E-state index in [1.54, 1.807) is 6.07 Å². The molecule has 0 amide bonds. The van der Waals surface area contributed by atoms with Gasteiger partial charge in [0.1, 0.15) is 0 Å². The Bertz CT molecular complexity index is 739. The number of benzene rings is 1. The van der Waals surface area contributed by atoms with Gasteiger partial charge in [0.2, 0.25) is 10.0 Å². The SMILES string of the molecule is Cc1cccc(CS(=O)(=O)N2CC3CC2CS3(=O)=O)c1. The monoisotopic (exact) mass is 315 g/mol. The zero-order chi connectivity index (χ0) is 14.5. The predicted molar refractivity (Wildman–Crippen MR) is 76.5 cm³/mol. The molecule has 0 aromatic heterocycles. The summed E-state index contributed by atoms with van der Waals surface area (Å²) in [5.41, 5.74) is 1.76. The van der Waals surface area contributed by atoms with Crippen LogP contribution in [0.25, 0.3) is 0 Å². The lowest BCUT2D eigenvalue weighted by Crippen LogP contribution is -2.44. The molecule has 2 fully saturated rings. The van der Waals surface area contributed by atoms with Crippen LogP contribution in [0.5, 0.6) is 0 Å². The molecule has 20 heavy (non-hydrogen) atoms. The summed E-state index contributed by atoms with van der Waals surface area (Å²) in [4.78, 5) is 0. The van der Waals surface area contributed by atoms with Crippen LogP contribution < -0.4 is 0 Å². The third kappa shape index (κ3) is 2.38. The number of sulfonamides is 1. The molecule has 1 aromatic rings. The van der Waals surface area contributed by atoms with Gasteiger partial charge in [-0.05, 0) is 18.9 Å². The van der Waals surface area contributed by atoms with Gasteiger partial charge >= 0.3 is 0 Å². The van der Waals surface area contributed by atoms with Crippen LogP contribution >= 0.6 is 0 Å². The molecule has 2 aliphatic heterocycles. The first-order valence-electron chi connectivity index (χ1n) is 6.54. The van der Waals surface area contributed by atoms with Gasteiger partial charge in [0.15, 0.2) is 9.84 Å². The summed E-state index contributed by atoms with van der Waals surface area (Å²) in [7, 11) is -6.51. The van der Waals surface area contributed by atoms with Crippen molar-refractivity contribution in [2.24, 2.45) is 0 Å². The van der Waals surface area contributed by atoms with Crippen LogP contribution in [-0.2, 0) is 25.6 Å². The molecule has 0 aliphatic carbocycles. The van der Waals surface area contributed by atoms with Crippen LogP contribution in [0.2, 0.25) is 0 Å². The van der Waals surface area contributed by atoms with Crippen molar-refractivity contribution in [1.29, 1.82) is 0 Å². The lowest BCUT2D eigenvalue weighted by molar-refractivity contribution is 0.402. The number of fused-ring (bicyclic) bond motifs is 2. The Morgan fingerprint density at radius 1 is 1.35 bits per heavy atom. The van der Waals surface area contributed by atoms with Gasteiger partial charge in [-0.1, -0.05) is 29.8 Å². The molecule has 2 atom stereocenters. The molecule has 0 radical (unpaired) electrons. The van der Waals surface area contributed by atoms with Crippen LogP contribution in [0.1, 0.15) is 17.5 Å². The summed E-state index contributed by atoms with van der Waals surface area (Å²) in [6.07, 6.45) is 0.454. The molecule has 7 heteroatoms. The van der Waals surface area contributed by atoms with E-state index in [0.29, 0.717) is 6.42 Å². The van der Waals surface area contributed by atoms with E-state index in [0.717, 1.165) is 11.1 Å². The topological polar surface area (TPSA) is 71.5 Å². The van der Waals surface area contributed by atoms with E-state index in [2.05, 4.69) is 0 Å². The van der Waals surface area contributed by atoms with E-state index < -0.39 is 25.1 Å². The van der Waals surface area contributed by atoms with Gasteiger partial charge in [0, 0.05) is 12.6 Å². The normalized spacial score (nSPS) is 28.9. The van der Waals surface area contributed by atoms with Gasteiger partial charge in [-0.2, -0.15) is 4.31 Å². The lowest BCUT2D eigenvalue weighted by Gasteiger charge is -2.26. The summed E-state index contributed by atoms with van der Waals surface area (Å²) >= 11 is 0. The van der Waals surface area contributed by atoms with Gasteiger partial charge < -0.3 is 0 Å². The molecule has 2 unspecified atom stereocenters. The third-order valence-corrected chi connectivity index (χ3v) is 8.11. The average Bonchev–Trinajstić information content (AvgIpc) is 2.83. The predicted octanol–water partition coefficient (Wildman–Crippen LogP) is 0.696. The van der Waals surface area contributed by atoms with E-state index in [1.165, 1.54) is 4.31 Å². The third-order valence-electron chi connectivity index (χ3n) is 4.05. The number of sulfone groups is 1. The van der Waals surface area contributed by atoms with Crippen molar-refractivity contribution in [1.82, 2.24) is 4.31 Å². The van der Waals surface area contributed by atoms with E-state index >= 15 is 0 Å². The largest absolute Gasteiger partial charge is 0.228 e. The molecule has 110 valence electrons. The molecule has 2 heterocycles. The minimum atomic E-state index is -3.44. The summed E-state index contributed by atoms with van der Waals surface area (Å²) < 4.78 is 49.6. The van der Waals surface area contributed by atoms with E-state index in [4.69, 9.17) is 0 Å². The molecule has 2 aliphatic rings. The number of aryl methyl sites for hydroxylation is 1. The van der Waals surface area contributed by atoms with Gasteiger partial charge in [-0.15, -0.1) is 0 Å². The van der Waals surface area contributed by atoms with Crippen LogP contribution in [0.3, 0.4) is 0 Å². The molecular formula is C13H17NO4S2. The maximum absolute atomic E-state index is 12.4. The Labute approximate surface area is 119 Å². The maximum atomic E-state index is 12.4. The molecule has 1 aromatic carbocycles. The second-order valence-electron chi connectivity index (χ2n) is 5.66. The summed E-state index contributed by atoms with van der Waals surface area (Å²) in [5.74, 6) is -0.0807. The fraction of sp³-hybridized carbons (Fsp3) is 0.538. The second kappa shape index (κ2) is 4.54. The zero-order valence-corrected chi connectivity index (χ0v) is 12.8. The maximum Gasteiger partial charge on any atom is 0.218 e. The smallest absolute Gasteiger partial charge is 0.218 e. The van der Waals surface area contributed by atoms with E-state index in [9.17, 15) is 16.8 Å². The van der Waals surface area contributed by atoms with Crippen molar-refractivity contribution >= 4 is 19.9 Å². The minimum absolute atomic E-state index is 0.0231.